The standard InChI is InChI=1S/C19H24N4O4S/c1-15-3-5-16(6-4-15)14-20-18-8-7-17(13-19(18)23(24)25)28(26,27)22-11-9-21(2)10-12-22/h3-8,13,20H,9-12,14H2,1-2H3. The molecule has 150 valence electrons. The molecule has 0 aliphatic carbocycles. The molecule has 0 aromatic heterocycles. The molecule has 3 rings (SSSR count). The average molecular weight is 404 g/mol. The molecule has 0 saturated carbocycles. The van der Waals surface area contributed by atoms with Crippen molar-refractivity contribution in [3.63, 3.8) is 0 Å². The zero-order chi connectivity index (χ0) is 20.3. The molecule has 0 radical (unpaired) electrons. The summed E-state index contributed by atoms with van der Waals surface area (Å²) in [6.07, 6.45) is 0. The fraction of sp³-hybridized carbons (Fsp3) is 0.368. The van der Waals surface area contributed by atoms with E-state index < -0.39 is 14.9 Å². The van der Waals surface area contributed by atoms with Crippen molar-refractivity contribution in [3.8, 4) is 0 Å². The third kappa shape index (κ3) is 4.49. The van der Waals surface area contributed by atoms with Gasteiger partial charge in [0.15, 0.2) is 0 Å². The van der Waals surface area contributed by atoms with Crippen LogP contribution in [0.2, 0.25) is 0 Å². The SMILES string of the molecule is Cc1ccc(CNc2ccc(S(=O)(=O)N3CCN(C)CC3)cc2[N+](=O)[O-])cc1. The number of nitro benzene ring substituents is 1. The molecule has 0 amide bonds. The number of sulfonamides is 1. The van der Waals surface area contributed by atoms with Crippen LogP contribution in [-0.2, 0) is 16.6 Å². The molecule has 0 unspecified atom stereocenters. The largest absolute Gasteiger partial charge is 0.375 e. The third-order valence-electron chi connectivity index (χ3n) is 4.87. The van der Waals surface area contributed by atoms with Gasteiger partial charge in [0.05, 0.1) is 9.82 Å². The Morgan fingerprint density at radius 2 is 1.71 bits per heavy atom. The Bertz CT molecular complexity index is 952. The van der Waals surface area contributed by atoms with Crippen LogP contribution in [0.4, 0.5) is 11.4 Å². The van der Waals surface area contributed by atoms with E-state index in [4.69, 9.17) is 0 Å². The summed E-state index contributed by atoms with van der Waals surface area (Å²) < 4.78 is 27.1. The molecule has 1 N–H and O–H groups in total. The molecule has 1 fully saturated rings. The molecule has 0 atom stereocenters. The maximum Gasteiger partial charge on any atom is 0.293 e. The molecule has 28 heavy (non-hydrogen) atoms. The van der Waals surface area contributed by atoms with Crippen LogP contribution >= 0.6 is 0 Å². The van der Waals surface area contributed by atoms with Gasteiger partial charge in [0.2, 0.25) is 10.0 Å². The van der Waals surface area contributed by atoms with Crippen LogP contribution in [-0.4, -0.2) is 55.8 Å². The van der Waals surface area contributed by atoms with E-state index in [9.17, 15) is 18.5 Å². The van der Waals surface area contributed by atoms with E-state index in [0.717, 1.165) is 17.2 Å². The van der Waals surface area contributed by atoms with E-state index in [0.29, 0.717) is 38.4 Å². The molecule has 0 spiro atoms. The molecular weight excluding hydrogens is 380 g/mol. The Hall–Kier alpha value is -2.49. The van der Waals surface area contributed by atoms with Gasteiger partial charge in [0.1, 0.15) is 5.69 Å². The van der Waals surface area contributed by atoms with Gasteiger partial charge < -0.3 is 10.2 Å². The number of benzene rings is 2. The highest BCUT2D eigenvalue weighted by Crippen LogP contribution is 2.29. The zero-order valence-electron chi connectivity index (χ0n) is 16.0. The van der Waals surface area contributed by atoms with Gasteiger partial charge in [-0.05, 0) is 31.7 Å². The number of hydrogen-bond acceptors (Lipinski definition) is 6. The quantitative estimate of drug-likeness (QED) is 0.587. The van der Waals surface area contributed by atoms with E-state index in [1.165, 1.54) is 16.4 Å². The second-order valence-corrected chi connectivity index (χ2v) is 8.92. The first-order valence-electron chi connectivity index (χ1n) is 9.04. The first-order valence-corrected chi connectivity index (χ1v) is 10.5. The highest BCUT2D eigenvalue weighted by molar-refractivity contribution is 7.89. The number of hydrogen-bond donors (Lipinski definition) is 1. The van der Waals surface area contributed by atoms with Crippen molar-refractivity contribution >= 4 is 21.4 Å². The number of aryl methyl sites for hydroxylation is 1. The summed E-state index contributed by atoms with van der Waals surface area (Å²) in [6.45, 7) is 4.42. The monoisotopic (exact) mass is 404 g/mol. The highest BCUT2D eigenvalue weighted by Gasteiger charge is 2.29. The van der Waals surface area contributed by atoms with Crippen molar-refractivity contribution in [1.82, 2.24) is 9.21 Å². The Kier molecular flexibility index (Phi) is 5.97. The van der Waals surface area contributed by atoms with Gasteiger partial charge in [-0.3, -0.25) is 10.1 Å². The normalized spacial score (nSPS) is 16.1. The molecule has 2 aromatic carbocycles. The highest BCUT2D eigenvalue weighted by atomic mass is 32.2. The second kappa shape index (κ2) is 8.26. The molecular formula is C19H24N4O4S. The minimum atomic E-state index is -3.76. The Morgan fingerprint density at radius 3 is 2.32 bits per heavy atom. The number of rotatable bonds is 6. The van der Waals surface area contributed by atoms with Crippen LogP contribution in [0.1, 0.15) is 11.1 Å². The number of nitrogens with one attached hydrogen (secondary N) is 1. The lowest BCUT2D eigenvalue weighted by Crippen LogP contribution is -2.47. The molecule has 1 heterocycles. The molecule has 1 aliphatic heterocycles. The van der Waals surface area contributed by atoms with Gasteiger partial charge in [0.25, 0.3) is 5.69 Å². The van der Waals surface area contributed by atoms with Gasteiger partial charge in [-0.25, -0.2) is 8.42 Å². The first kappa shape index (κ1) is 20.2. The van der Waals surface area contributed by atoms with Crippen molar-refractivity contribution in [2.75, 3.05) is 38.5 Å². The summed E-state index contributed by atoms with van der Waals surface area (Å²) in [5, 5.41) is 14.6. The third-order valence-corrected chi connectivity index (χ3v) is 6.76. The van der Waals surface area contributed by atoms with Gasteiger partial charge in [0, 0.05) is 38.8 Å². The van der Waals surface area contributed by atoms with Gasteiger partial charge >= 0.3 is 0 Å². The minimum Gasteiger partial charge on any atom is -0.375 e. The first-order chi connectivity index (χ1) is 13.3. The summed E-state index contributed by atoms with van der Waals surface area (Å²) in [5.41, 5.74) is 2.16. The Balaban J connectivity index is 1.82. The summed E-state index contributed by atoms with van der Waals surface area (Å²) in [4.78, 5) is 13.0. The van der Waals surface area contributed by atoms with E-state index in [2.05, 4.69) is 5.32 Å². The topological polar surface area (TPSA) is 95.8 Å². The summed E-state index contributed by atoms with van der Waals surface area (Å²) in [5.74, 6) is 0. The maximum atomic E-state index is 12.9. The zero-order valence-corrected chi connectivity index (χ0v) is 16.8. The summed E-state index contributed by atoms with van der Waals surface area (Å²) >= 11 is 0. The Labute approximate surface area is 165 Å². The van der Waals surface area contributed by atoms with Crippen molar-refractivity contribution < 1.29 is 13.3 Å². The fourth-order valence-corrected chi connectivity index (χ4v) is 4.50. The van der Waals surface area contributed by atoms with Crippen LogP contribution in [0.25, 0.3) is 0 Å². The lowest BCUT2D eigenvalue weighted by Gasteiger charge is -2.31. The number of likely N-dealkylation sites (N-methyl/N-ethyl adjacent to an activating group) is 1. The minimum absolute atomic E-state index is 0.0513. The van der Waals surface area contributed by atoms with E-state index in [1.807, 2.05) is 43.1 Å². The summed E-state index contributed by atoms with van der Waals surface area (Å²) in [6, 6.07) is 11.9. The summed E-state index contributed by atoms with van der Waals surface area (Å²) in [7, 11) is -1.82. The van der Waals surface area contributed by atoms with Crippen molar-refractivity contribution in [2.24, 2.45) is 0 Å². The average Bonchev–Trinajstić information content (AvgIpc) is 2.67. The molecule has 2 aromatic rings. The van der Waals surface area contributed by atoms with Crippen molar-refractivity contribution in [3.05, 3.63) is 63.7 Å². The Morgan fingerprint density at radius 1 is 1.07 bits per heavy atom. The molecule has 1 aliphatic rings. The van der Waals surface area contributed by atoms with Crippen LogP contribution in [0.5, 0.6) is 0 Å². The van der Waals surface area contributed by atoms with E-state index in [1.54, 1.807) is 0 Å². The predicted octanol–water partition coefficient (Wildman–Crippen LogP) is 2.45. The van der Waals surface area contributed by atoms with Crippen LogP contribution in [0.3, 0.4) is 0 Å². The lowest BCUT2D eigenvalue weighted by atomic mass is 10.1. The van der Waals surface area contributed by atoms with Gasteiger partial charge in [-0.2, -0.15) is 4.31 Å². The van der Waals surface area contributed by atoms with Gasteiger partial charge in [-0.1, -0.05) is 29.8 Å². The molecule has 9 heteroatoms. The number of nitro groups is 1. The number of nitrogens with zero attached hydrogens (tertiary/aromatic N) is 3. The van der Waals surface area contributed by atoms with Crippen LogP contribution < -0.4 is 5.32 Å². The lowest BCUT2D eigenvalue weighted by molar-refractivity contribution is -0.384. The van der Waals surface area contributed by atoms with Crippen LogP contribution in [0, 0.1) is 17.0 Å². The van der Waals surface area contributed by atoms with Crippen LogP contribution in [0.15, 0.2) is 47.4 Å². The molecule has 8 nitrogen and oxygen atoms in total. The fourth-order valence-electron chi connectivity index (χ4n) is 3.05. The molecule has 1 saturated heterocycles. The van der Waals surface area contributed by atoms with E-state index >= 15 is 0 Å². The maximum absolute atomic E-state index is 12.9. The van der Waals surface area contributed by atoms with Crippen molar-refractivity contribution in [2.45, 2.75) is 18.4 Å². The van der Waals surface area contributed by atoms with Crippen molar-refractivity contribution in [1.29, 1.82) is 0 Å². The van der Waals surface area contributed by atoms with Gasteiger partial charge in [-0.15, -0.1) is 0 Å². The molecule has 0 bridgehead atoms. The van der Waals surface area contributed by atoms with E-state index in [-0.39, 0.29) is 10.6 Å². The second-order valence-electron chi connectivity index (χ2n) is 6.98. The number of piperazine rings is 1. The predicted molar refractivity (Wildman–Crippen MR) is 108 cm³/mol. The smallest absolute Gasteiger partial charge is 0.293 e. The number of anilines is 1.